The molecule has 8 saturated heterocycles. The number of morpholine rings is 2. The van der Waals surface area contributed by atoms with Crippen molar-refractivity contribution in [2.24, 2.45) is 119 Å². The Labute approximate surface area is 830 Å². The number of aliphatic hydroxyl groups excluding tert-OH is 16. The fraction of sp³-hybridized carbons (Fsp3) is 0.929. The molecule has 18 unspecified atom stereocenters. The number of carbonyl (C=O) groups is 3. The first-order chi connectivity index (χ1) is 68.6. The van der Waals surface area contributed by atoms with Crippen molar-refractivity contribution >= 4 is 35.2 Å². The maximum atomic E-state index is 16.7. The molecular weight excluding hydrogens is 1930 g/mol. The van der Waals surface area contributed by atoms with E-state index in [1.807, 2.05) is 0 Å². The minimum absolute atomic E-state index is 0.0147. The lowest BCUT2D eigenvalue weighted by atomic mass is 9.77. The van der Waals surface area contributed by atoms with E-state index in [1.165, 1.54) is 0 Å². The van der Waals surface area contributed by atoms with Gasteiger partial charge in [0.05, 0.1) is 150 Å². The zero-order valence-corrected chi connectivity index (χ0v) is 80.5. The first kappa shape index (κ1) is 122. The van der Waals surface area contributed by atoms with E-state index in [0.29, 0.717) is 45.8 Å². The number of alkyl halides is 3. The number of Topliss-reactive ketones (excluding diaryl/α,β-unsaturated/α-hetero) is 3. The first-order valence-electron chi connectivity index (χ1n) is 49.2. The molecule has 0 spiro atoms. The number of ether oxygens (including phenoxy) is 14. The lowest BCUT2D eigenvalue weighted by Crippen LogP contribution is -2.67. The van der Waals surface area contributed by atoms with Gasteiger partial charge in [-0.2, -0.15) is 0 Å². The van der Waals surface area contributed by atoms with E-state index in [1.54, 1.807) is 0 Å². The Morgan fingerprint density at radius 1 is 0.375 bits per heavy atom. The van der Waals surface area contributed by atoms with Crippen LogP contribution in [0.4, 0.5) is 13.2 Å². The minimum Gasteiger partial charge on any atom is -0.396 e. The third-order valence-electron chi connectivity index (χ3n) is 27.5. The van der Waals surface area contributed by atoms with Gasteiger partial charge in [-0.25, -0.2) is 13.2 Å². The number of guanidine groups is 3. The van der Waals surface area contributed by atoms with Crippen LogP contribution in [0.15, 0.2) is 15.0 Å². The standard InChI is InChI=1S/2C29H55FN8O11.C27H52FN7O11/c2*30-21-25(48-28-24(44)22(23(43)20(11-39)47-28)38-29(35)37-10-13-9-36-3-4-45-13)12(6-17(41)16(40)1-2-31)5-14(33)26(21)49-27-15(34)7-18(42)19(8-32)46-27;28-19-23(45-26-22(42)20(21(41)18(10-37)44-26)35-27(33)34-4-1-5-36)11(7-15(39)14(38)2-3-29)6-12(31)24(19)46-25-13(32)8-16(40)17(9-30)43-25/h2*12-16,18-28,36,39-40,42-44H,1-11,31-34H2,(H3,35,37,38);11-14,16-26,36-38,40-42H,1-10,29-32H2,(H3,33,34,35)/t12-,13+,14?,15?,16-,18-,19?,20+,21+,22?,23+,24+,25?,26+,27+,28?;12-,13-,14?,15?,16-,18-,19?,20+,21+,22?,23+,24+,25?,26+,27+,28?;11-,12?,13?,14-,16-,17?,18+,19+,20?,21+,22+,23?,24+,25+,26?/m000/s1. The van der Waals surface area contributed by atoms with Crippen LogP contribution < -0.4 is 113 Å². The molecule has 59 heteroatoms. The molecule has 0 aromatic rings. The van der Waals surface area contributed by atoms with Crippen molar-refractivity contribution in [1.29, 1.82) is 0 Å². The van der Waals surface area contributed by atoms with Gasteiger partial charge in [0.2, 0.25) is 0 Å². The van der Waals surface area contributed by atoms with E-state index in [0.717, 1.165) is 0 Å². The van der Waals surface area contributed by atoms with E-state index in [4.69, 9.17) is 157 Å². The van der Waals surface area contributed by atoms with Crippen molar-refractivity contribution in [3.05, 3.63) is 0 Å². The predicted octanol–water partition coefficient (Wildman–Crippen LogP) is -18.9. The summed E-state index contributed by atoms with van der Waals surface area (Å²) in [5.41, 5.74) is 89.1. The van der Waals surface area contributed by atoms with Gasteiger partial charge >= 0.3 is 0 Å². The van der Waals surface area contributed by atoms with E-state index >= 15 is 13.2 Å². The molecule has 0 radical (unpaired) electrons. The van der Waals surface area contributed by atoms with Crippen molar-refractivity contribution in [3.8, 4) is 0 Å². The molecule has 3 aliphatic carbocycles. The minimum atomic E-state index is -2.07. The van der Waals surface area contributed by atoms with Crippen LogP contribution in [0.1, 0.15) is 83.5 Å². The van der Waals surface area contributed by atoms with Crippen LogP contribution in [0.3, 0.4) is 0 Å². The van der Waals surface area contributed by atoms with Crippen molar-refractivity contribution in [3.63, 3.8) is 0 Å². The van der Waals surface area contributed by atoms with Crippen LogP contribution in [-0.2, 0) is 80.7 Å². The first-order valence-corrected chi connectivity index (χ1v) is 49.2. The number of nitrogens with one attached hydrogen (secondary N) is 5. The molecule has 3 saturated carbocycles. The monoisotopic (exact) mass is 2090 g/mol. The third-order valence-corrected chi connectivity index (χ3v) is 27.5. The SMILES string of the molecule is NCC[C@H](O)C(=O)C[C@@H]1CC(N)[C@@H](O[C@H]2OC(CN)[C@@H](O)CC2N)[C@H](F)C1OC1O[C@H](CO)[C@@H](O)C(NC(N)=NCCCO)[C@H]1O.NCC[C@H](O)C(=O)C[C@@H]1CC(N)[C@@H](O[C@H]2OC(CN)[C@@H](O)CC2N)[C@H](F)C1OC1O[C@H](CO)[C@@H](O)C(NC(N)=NC[C@@H]2CNCCO2)[C@H]1O.NCC[C@H](O)C(=O)C[C@@H]1CC(N)[C@@H](O[C@H]2OC(CN)[C@@H](O)CC2N)[C@H](F)C1OC1O[C@H](CO)[C@@H](O)C(NC(N)=NC[C@H]2CNCCO2)[C@H]1O. The Bertz CT molecular complexity index is 3690. The van der Waals surface area contributed by atoms with Gasteiger partial charge in [0.25, 0.3) is 0 Å². The molecule has 8 heterocycles. The zero-order valence-electron chi connectivity index (χ0n) is 80.5. The van der Waals surface area contributed by atoms with Crippen molar-refractivity contribution < 1.29 is 176 Å². The maximum Gasteiger partial charge on any atom is 0.189 e. The number of nitrogens with zero attached hydrogens (tertiary/aromatic N) is 3. The summed E-state index contributed by atoms with van der Waals surface area (Å²) in [5.74, 6) is -5.16. The molecule has 0 aromatic carbocycles. The van der Waals surface area contributed by atoms with Crippen LogP contribution in [0.2, 0.25) is 0 Å². The molecule has 0 amide bonds. The number of carbonyl (C=O) groups excluding carboxylic acids is 3. The number of hydrogen-bond acceptors (Lipinski definition) is 50. The fourth-order valence-corrected chi connectivity index (χ4v) is 19.3. The molecule has 0 aromatic heterocycles. The predicted molar refractivity (Wildman–Crippen MR) is 499 cm³/mol. The molecule has 8 aliphatic heterocycles. The van der Waals surface area contributed by atoms with Gasteiger partial charge < -0.3 is 261 Å². The Morgan fingerprint density at radius 3 is 0.896 bits per heavy atom. The van der Waals surface area contributed by atoms with Crippen LogP contribution >= 0.6 is 0 Å². The fourth-order valence-electron chi connectivity index (χ4n) is 19.3. The molecule has 11 rings (SSSR count). The highest BCUT2D eigenvalue weighted by molar-refractivity contribution is 5.84. The third kappa shape index (κ3) is 33.4. The summed E-state index contributed by atoms with van der Waals surface area (Å²) in [7, 11) is 0. The van der Waals surface area contributed by atoms with Crippen LogP contribution in [0, 0.1) is 17.8 Å². The van der Waals surface area contributed by atoms with E-state index in [2.05, 4.69) is 41.6 Å². The molecule has 56 nitrogen and oxygen atoms in total. The number of nitrogens with two attached hydrogens (primary N) is 15. The highest BCUT2D eigenvalue weighted by Crippen LogP contribution is 2.43. The van der Waals surface area contributed by atoms with Gasteiger partial charge in [-0.3, -0.25) is 29.4 Å². The molecule has 144 heavy (non-hydrogen) atoms. The summed E-state index contributed by atoms with van der Waals surface area (Å²) < 4.78 is 131. The zero-order chi connectivity index (χ0) is 106. The average molecular weight is 2090 g/mol. The smallest absolute Gasteiger partial charge is 0.189 e. The van der Waals surface area contributed by atoms with Gasteiger partial charge in [-0.05, 0) is 102 Å². The number of aliphatic imine (C=N–C) groups is 3. The van der Waals surface area contributed by atoms with Gasteiger partial charge in [0.15, 0.2) is 91.5 Å². The summed E-state index contributed by atoms with van der Waals surface area (Å²) in [6.45, 7) is 1.77. The topological polar surface area (TPSA) is 992 Å². The summed E-state index contributed by atoms with van der Waals surface area (Å²) in [5, 5.41) is 181. The largest absolute Gasteiger partial charge is 0.396 e. The summed E-state index contributed by atoms with van der Waals surface area (Å²) in [4.78, 5) is 51.2. The van der Waals surface area contributed by atoms with Gasteiger partial charge in [0, 0.05) is 96.4 Å². The molecule has 47 atom stereocenters. The lowest BCUT2D eigenvalue weighted by Gasteiger charge is -2.48. The molecule has 11 aliphatic rings. The number of ketones is 3. The Morgan fingerprint density at radius 2 is 0.646 bits per heavy atom. The molecular formula is C85H162F3N23O33. The Balaban J connectivity index is 0.000000241. The average Bonchev–Trinajstić information content (AvgIpc) is 0.779. The summed E-state index contributed by atoms with van der Waals surface area (Å²) >= 11 is 0. The number of aliphatic hydroxyl groups is 16. The second kappa shape index (κ2) is 59.8. The van der Waals surface area contributed by atoms with E-state index < -0.39 is 312 Å². The van der Waals surface area contributed by atoms with Gasteiger partial charge in [0.1, 0.15) is 91.6 Å². The Kier molecular flexibility index (Phi) is 50.8. The highest BCUT2D eigenvalue weighted by Gasteiger charge is 2.59. The van der Waals surface area contributed by atoms with Crippen LogP contribution in [0.5, 0.6) is 0 Å². The van der Waals surface area contributed by atoms with Gasteiger partial charge in [-0.1, -0.05) is 0 Å². The number of hydrogen-bond donors (Lipinski definition) is 36. The summed E-state index contributed by atoms with van der Waals surface area (Å²) in [6, 6.07) is -9.45. The van der Waals surface area contributed by atoms with E-state index in [-0.39, 0.29) is 173 Å². The number of rotatable bonds is 43. The normalized spacial score (nSPS) is 42.3. The highest BCUT2D eigenvalue weighted by atomic mass is 19.1. The van der Waals surface area contributed by atoms with Crippen LogP contribution in [-0.4, -0.2) is 511 Å². The van der Waals surface area contributed by atoms with Crippen molar-refractivity contribution in [2.45, 2.75) is 353 Å². The second-order valence-corrected chi connectivity index (χ2v) is 38.3. The second-order valence-electron chi connectivity index (χ2n) is 38.3. The van der Waals surface area contributed by atoms with Crippen molar-refractivity contribution in [1.82, 2.24) is 26.6 Å². The molecule has 11 fully saturated rings. The molecule has 836 valence electrons. The Hall–Kier alpha value is -5.15. The molecule has 0 bridgehead atoms. The van der Waals surface area contributed by atoms with E-state index in [9.17, 15) is 91.0 Å². The molecule has 51 N–H and O–H groups in total. The quantitative estimate of drug-likeness (QED) is 0.0153. The maximum absolute atomic E-state index is 16.7. The van der Waals surface area contributed by atoms with Crippen molar-refractivity contribution in [2.75, 3.05) is 125 Å². The van der Waals surface area contributed by atoms with Gasteiger partial charge in [-0.15, -0.1) is 0 Å². The number of halogens is 3. The summed E-state index contributed by atoms with van der Waals surface area (Å²) in [6.07, 6.45) is -47.8. The lowest BCUT2D eigenvalue weighted by molar-refractivity contribution is -0.315. The van der Waals surface area contributed by atoms with Crippen LogP contribution in [0.25, 0.3) is 0 Å².